The molecule has 6 heteroatoms. The van der Waals surface area contributed by atoms with Crippen molar-refractivity contribution in [2.45, 2.75) is 33.1 Å². The van der Waals surface area contributed by atoms with Crippen molar-refractivity contribution in [3.05, 3.63) is 46.3 Å². The van der Waals surface area contributed by atoms with Crippen LogP contribution in [0.3, 0.4) is 0 Å². The average molecular weight is 377 g/mol. The van der Waals surface area contributed by atoms with Gasteiger partial charge in [0.05, 0.1) is 5.69 Å². The molecule has 0 aliphatic heterocycles. The normalized spacial score (nSPS) is 10.4. The zero-order valence-corrected chi connectivity index (χ0v) is 15.0. The summed E-state index contributed by atoms with van der Waals surface area (Å²) in [7, 11) is 0. The Hall–Kier alpha value is -1.95. The number of hydrogen-bond acceptors (Lipinski definition) is 4. The third-order valence-corrected chi connectivity index (χ3v) is 4.01. The quantitative estimate of drug-likeness (QED) is 0.710. The van der Waals surface area contributed by atoms with Crippen molar-refractivity contribution in [1.82, 2.24) is 15.3 Å². The second kappa shape index (κ2) is 8.62. The number of unbranched alkanes of at least 4 members (excludes halogenated alkanes) is 2. The van der Waals surface area contributed by atoms with Crippen LogP contribution < -0.4 is 10.6 Å². The average Bonchev–Trinajstić information content (AvgIpc) is 2.54. The number of benzene rings is 1. The van der Waals surface area contributed by atoms with Crippen LogP contribution >= 0.6 is 15.9 Å². The van der Waals surface area contributed by atoms with Crippen LogP contribution in [0.15, 0.2) is 35.1 Å². The number of nitrogens with one attached hydrogen (secondary N) is 2. The number of carbonyl (C=O) groups excluding carboxylic acids is 1. The highest BCUT2D eigenvalue weighted by molar-refractivity contribution is 9.10. The van der Waals surface area contributed by atoms with Crippen LogP contribution in [0, 0.1) is 6.92 Å². The predicted octanol–water partition coefficient (Wildman–Crippen LogP) is 4.21. The van der Waals surface area contributed by atoms with E-state index in [0.717, 1.165) is 35.0 Å². The number of rotatable bonds is 7. The van der Waals surface area contributed by atoms with Gasteiger partial charge in [-0.25, -0.2) is 9.97 Å². The molecule has 0 saturated carbocycles. The number of halogens is 1. The first-order valence-electron chi connectivity index (χ1n) is 7.73. The Morgan fingerprint density at radius 3 is 2.78 bits per heavy atom. The van der Waals surface area contributed by atoms with E-state index in [-0.39, 0.29) is 5.91 Å². The van der Waals surface area contributed by atoms with Gasteiger partial charge in [-0.05, 0) is 47.0 Å². The molecule has 1 amide bonds. The summed E-state index contributed by atoms with van der Waals surface area (Å²) >= 11 is 3.52. The van der Waals surface area contributed by atoms with Gasteiger partial charge in [0.2, 0.25) is 0 Å². The summed E-state index contributed by atoms with van der Waals surface area (Å²) in [6.07, 6.45) is 4.61. The molecule has 23 heavy (non-hydrogen) atoms. The van der Waals surface area contributed by atoms with Crippen molar-refractivity contribution in [1.29, 1.82) is 0 Å². The first-order valence-corrected chi connectivity index (χ1v) is 8.53. The van der Waals surface area contributed by atoms with E-state index in [2.05, 4.69) is 43.5 Å². The fraction of sp³-hybridized carbons (Fsp3) is 0.353. The number of aryl methyl sites for hydroxylation is 1. The largest absolute Gasteiger partial charge is 0.351 e. The van der Waals surface area contributed by atoms with E-state index in [1.807, 2.05) is 25.1 Å². The van der Waals surface area contributed by atoms with Crippen LogP contribution in [0.2, 0.25) is 0 Å². The third kappa shape index (κ3) is 5.32. The minimum absolute atomic E-state index is 0.172. The van der Waals surface area contributed by atoms with Crippen molar-refractivity contribution < 1.29 is 4.79 Å². The third-order valence-electron chi connectivity index (χ3n) is 3.35. The highest BCUT2D eigenvalue weighted by Gasteiger charge is 2.09. The van der Waals surface area contributed by atoms with Gasteiger partial charge in [0, 0.05) is 17.1 Å². The van der Waals surface area contributed by atoms with Crippen LogP contribution in [0.1, 0.15) is 42.2 Å². The van der Waals surface area contributed by atoms with E-state index in [1.165, 1.54) is 6.33 Å². The highest BCUT2D eigenvalue weighted by Crippen LogP contribution is 2.26. The first-order chi connectivity index (χ1) is 11.1. The molecule has 0 saturated heterocycles. The number of hydrogen-bond donors (Lipinski definition) is 2. The Labute approximate surface area is 145 Å². The van der Waals surface area contributed by atoms with E-state index < -0.39 is 0 Å². The molecular weight excluding hydrogens is 356 g/mol. The summed E-state index contributed by atoms with van der Waals surface area (Å²) < 4.78 is 0.946. The molecule has 0 atom stereocenters. The smallest absolute Gasteiger partial charge is 0.270 e. The van der Waals surface area contributed by atoms with E-state index in [1.54, 1.807) is 6.07 Å². The molecule has 0 fully saturated rings. The molecule has 0 spiro atoms. The van der Waals surface area contributed by atoms with Crippen LogP contribution in [0.4, 0.5) is 11.5 Å². The molecular formula is C17H21BrN4O. The Balaban J connectivity index is 2.03. The van der Waals surface area contributed by atoms with Crippen molar-refractivity contribution >= 4 is 33.3 Å². The molecule has 122 valence electrons. The molecule has 0 radical (unpaired) electrons. The van der Waals surface area contributed by atoms with Gasteiger partial charge in [-0.3, -0.25) is 4.79 Å². The van der Waals surface area contributed by atoms with Gasteiger partial charge in [0.15, 0.2) is 0 Å². The van der Waals surface area contributed by atoms with Gasteiger partial charge in [-0.2, -0.15) is 0 Å². The van der Waals surface area contributed by atoms with E-state index in [0.29, 0.717) is 18.1 Å². The summed E-state index contributed by atoms with van der Waals surface area (Å²) in [5, 5.41) is 6.07. The topological polar surface area (TPSA) is 66.9 Å². The summed E-state index contributed by atoms with van der Waals surface area (Å²) in [5.41, 5.74) is 2.42. The molecule has 2 rings (SSSR count). The van der Waals surface area contributed by atoms with Crippen LogP contribution in [0.5, 0.6) is 0 Å². The maximum absolute atomic E-state index is 12.1. The van der Waals surface area contributed by atoms with Gasteiger partial charge in [-0.1, -0.05) is 25.8 Å². The summed E-state index contributed by atoms with van der Waals surface area (Å²) in [6, 6.07) is 7.65. The highest BCUT2D eigenvalue weighted by atomic mass is 79.9. The van der Waals surface area contributed by atoms with Crippen molar-refractivity contribution in [3.8, 4) is 0 Å². The number of nitrogens with zero attached hydrogens (tertiary/aromatic N) is 2. The standard InChI is InChI=1S/C17H21BrN4O/c1-3-4-5-8-19-17(23)15-10-16(21-11-20-15)22-14-7-6-12(2)9-13(14)18/h6-7,9-11H,3-5,8H2,1-2H3,(H,19,23)(H,20,21,22). The van der Waals surface area contributed by atoms with Gasteiger partial charge in [-0.15, -0.1) is 0 Å². The van der Waals surface area contributed by atoms with E-state index in [9.17, 15) is 4.79 Å². The van der Waals surface area contributed by atoms with Crippen molar-refractivity contribution in [2.24, 2.45) is 0 Å². The molecule has 2 N–H and O–H groups in total. The fourth-order valence-electron chi connectivity index (χ4n) is 2.08. The van der Waals surface area contributed by atoms with Crippen LogP contribution in [0.25, 0.3) is 0 Å². The SMILES string of the molecule is CCCCCNC(=O)c1cc(Nc2ccc(C)cc2Br)ncn1. The lowest BCUT2D eigenvalue weighted by Gasteiger charge is -2.09. The van der Waals surface area contributed by atoms with Crippen molar-refractivity contribution in [2.75, 3.05) is 11.9 Å². The number of amides is 1. The zero-order chi connectivity index (χ0) is 16.7. The second-order valence-electron chi connectivity index (χ2n) is 5.36. The number of anilines is 2. The van der Waals surface area contributed by atoms with E-state index in [4.69, 9.17) is 0 Å². The Kier molecular flexibility index (Phi) is 6.52. The molecule has 2 aromatic rings. The molecule has 0 aliphatic rings. The van der Waals surface area contributed by atoms with Gasteiger partial charge < -0.3 is 10.6 Å². The van der Waals surface area contributed by atoms with Crippen molar-refractivity contribution in [3.63, 3.8) is 0 Å². The molecule has 5 nitrogen and oxygen atoms in total. The fourth-order valence-corrected chi connectivity index (χ4v) is 2.67. The summed E-state index contributed by atoms with van der Waals surface area (Å²) in [4.78, 5) is 20.3. The Bertz CT molecular complexity index is 675. The number of aromatic nitrogens is 2. The summed E-state index contributed by atoms with van der Waals surface area (Å²) in [5.74, 6) is 0.415. The van der Waals surface area contributed by atoms with Gasteiger partial charge in [0.1, 0.15) is 17.8 Å². The second-order valence-corrected chi connectivity index (χ2v) is 6.21. The zero-order valence-electron chi connectivity index (χ0n) is 13.4. The monoisotopic (exact) mass is 376 g/mol. The Morgan fingerprint density at radius 2 is 2.04 bits per heavy atom. The minimum atomic E-state index is -0.172. The predicted molar refractivity (Wildman–Crippen MR) is 96.1 cm³/mol. The molecule has 1 heterocycles. The molecule has 0 aliphatic carbocycles. The lowest BCUT2D eigenvalue weighted by Crippen LogP contribution is -2.25. The maximum Gasteiger partial charge on any atom is 0.270 e. The first kappa shape index (κ1) is 17.4. The Morgan fingerprint density at radius 1 is 1.22 bits per heavy atom. The maximum atomic E-state index is 12.1. The lowest BCUT2D eigenvalue weighted by atomic mass is 10.2. The van der Waals surface area contributed by atoms with Crippen LogP contribution in [-0.4, -0.2) is 22.4 Å². The molecule has 0 bridgehead atoms. The molecule has 1 aromatic heterocycles. The minimum Gasteiger partial charge on any atom is -0.351 e. The lowest BCUT2D eigenvalue weighted by molar-refractivity contribution is 0.0948. The van der Waals surface area contributed by atoms with Gasteiger partial charge in [0.25, 0.3) is 5.91 Å². The molecule has 1 aromatic carbocycles. The van der Waals surface area contributed by atoms with E-state index >= 15 is 0 Å². The summed E-state index contributed by atoms with van der Waals surface area (Å²) in [6.45, 7) is 4.83. The number of carbonyl (C=O) groups is 1. The van der Waals surface area contributed by atoms with Gasteiger partial charge >= 0.3 is 0 Å². The molecule has 0 unspecified atom stereocenters. The van der Waals surface area contributed by atoms with Crippen LogP contribution in [-0.2, 0) is 0 Å².